The summed E-state index contributed by atoms with van der Waals surface area (Å²) in [5.41, 5.74) is 5.09. The third-order valence-corrected chi connectivity index (χ3v) is 7.39. The van der Waals surface area contributed by atoms with E-state index in [0.29, 0.717) is 29.8 Å². The molecule has 0 radical (unpaired) electrons. The van der Waals surface area contributed by atoms with Gasteiger partial charge in [-0.15, -0.1) is 0 Å². The van der Waals surface area contributed by atoms with Crippen molar-refractivity contribution in [3.8, 4) is 0 Å². The zero-order valence-corrected chi connectivity index (χ0v) is 18.3. The average molecular weight is 467 g/mol. The Bertz CT molecular complexity index is 1390. The van der Waals surface area contributed by atoms with E-state index in [4.69, 9.17) is 4.74 Å². The van der Waals surface area contributed by atoms with Crippen molar-refractivity contribution in [3.05, 3.63) is 67.4 Å². The van der Waals surface area contributed by atoms with Gasteiger partial charge in [0.15, 0.2) is 6.10 Å². The Kier molecular flexibility index (Phi) is 4.49. The number of carbonyl (C=O) groups excluding carboxylic acids is 2. The molecule has 0 fully saturated rings. The first-order valence-electron chi connectivity index (χ1n) is 11.1. The number of hydrogen-bond donors (Lipinski definition) is 4. The number of esters is 1. The van der Waals surface area contributed by atoms with Crippen molar-refractivity contribution in [1.29, 1.82) is 0 Å². The molecule has 0 saturated heterocycles. The average Bonchev–Trinajstić information content (AvgIpc) is 3.19. The van der Waals surface area contributed by atoms with E-state index in [0.717, 1.165) is 22.3 Å². The number of nitrogens with zero attached hydrogens (tertiary/aromatic N) is 1. The molecule has 1 amide bonds. The van der Waals surface area contributed by atoms with Crippen molar-refractivity contribution in [2.75, 3.05) is 11.9 Å². The Morgan fingerprint density at radius 3 is 2.88 bits per heavy atom. The van der Waals surface area contributed by atoms with Crippen LogP contribution in [0.3, 0.4) is 0 Å². The zero-order chi connectivity index (χ0) is 23.9. The van der Waals surface area contributed by atoms with Gasteiger partial charge in [0, 0.05) is 22.5 Å². The maximum Gasteiger partial charge on any atom is 0.340 e. The van der Waals surface area contributed by atoms with Gasteiger partial charge in [-0.25, -0.2) is 9.18 Å². The van der Waals surface area contributed by atoms with Crippen LogP contribution in [-0.2, 0) is 33.9 Å². The van der Waals surface area contributed by atoms with Crippen molar-refractivity contribution in [2.24, 2.45) is 0 Å². The lowest BCUT2D eigenvalue weighted by Gasteiger charge is -2.38. The van der Waals surface area contributed by atoms with E-state index in [1.165, 1.54) is 6.07 Å². The number of nitrogens with one attached hydrogen (secondary N) is 2. The van der Waals surface area contributed by atoms with E-state index >= 15 is 0 Å². The number of aliphatic hydroxyl groups is 2. The van der Waals surface area contributed by atoms with E-state index in [2.05, 4.69) is 10.6 Å². The van der Waals surface area contributed by atoms with Crippen LogP contribution in [0.2, 0.25) is 0 Å². The predicted octanol–water partition coefficient (Wildman–Crippen LogP) is 0.743. The van der Waals surface area contributed by atoms with E-state index < -0.39 is 36.7 Å². The molecule has 1 aromatic heterocycles. The van der Waals surface area contributed by atoms with Crippen molar-refractivity contribution < 1.29 is 28.9 Å². The van der Waals surface area contributed by atoms with Crippen LogP contribution in [0.4, 0.5) is 10.1 Å². The second kappa shape index (κ2) is 7.25. The fourth-order valence-corrected chi connectivity index (χ4v) is 5.78. The lowest BCUT2D eigenvalue weighted by atomic mass is 9.75. The SMILES string of the molecule is Cc1c(F)cc2c3c1CC[C@H](NC(=O)CO)C3=C1Cn3c(cc4c(c3=O)COC(=O)[C@H]4O)C1N2. The quantitative estimate of drug-likeness (QED) is 0.480. The van der Waals surface area contributed by atoms with Crippen LogP contribution in [0.5, 0.6) is 0 Å². The van der Waals surface area contributed by atoms with Gasteiger partial charge in [-0.3, -0.25) is 9.59 Å². The van der Waals surface area contributed by atoms with Gasteiger partial charge in [0.25, 0.3) is 5.56 Å². The molecule has 3 aliphatic heterocycles. The summed E-state index contributed by atoms with van der Waals surface area (Å²) in [5, 5.41) is 25.9. The van der Waals surface area contributed by atoms with E-state index in [9.17, 15) is 29.0 Å². The van der Waals surface area contributed by atoms with Gasteiger partial charge >= 0.3 is 5.97 Å². The first kappa shape index (κ1) is 21.1. The highest BCUT2D eigenvalue weighted by atomic mass is 19.1. The second-order valence-corrected chi connectivity index (χ2v) is 9.12. The van der Waals surface area contributed by atoms with Crippen molar-refractivity contribution in [2.45, 2.75) is 51.1 Å². The molecule has 4 N–H and O–H groups in total. The monoisotopic (exact) mass is 467 g/mol. The summed E-state index contributed by atoms with van der Waals surface area (Å²) in [7, 11) is 0. The number of hydrogen-bond acceptors (Lipinski definition) is 7. The first-order chi connectivity index (χ1) is 16.3. The standard InChI is InChI=1S/C24H22FN3O6/c1-9-10-2-3-15(26-18(30)7-29)20-12-6-28-17(21(12)27-16(19(10)20)5-14(9)25)4-11-13(23(28)32)8-34-24(33)22(11)31/h4-5,15,21-22,27,29,31H,2-3,6-8H2,1H3,(H,26,30)/t15-,21?,22-/m0/s1. The van der Waals surface area contributed by atoms with E-state index in [1.54, 1.807) is 17.6 Å². The van der Waals surface area contributed by atoms with Crippen molar-refractivity contribution in [1.82, 2.24) is 9.88 Å². The van der Waals surface area contributed by atoms with Crippen LogP contribution in [0.25, 0.3) is 5.57 Å². The molecule has 6 rings (SSSR count). The summed E-state index contributed by atoms with van der Waals surface area (Å²) < 4.78 is 21.3. The Labute approximate surface area is 192 Å². The fraction of sp³-hybridized carbons (Fsp3) is 0.375. The van der Waals surface area contributed by atoms with Crippen LogP contribution in [0.1, 0.15) is 52.1 Å². The molecule has 1 aliphatic carbocycles. The number of carbonyl (C=O) groups is 2. The third kappa shape index (κ3) is 2.75. The summed E-state index contributed by atoms with van der Waals surface area (Å²) in [6, 6.07) is 2.14. The molecule has 4 heterocycles. The molecule has 3 atom stereocenters. The number of ether oxygens (including phenoxy) is 1. The number of anilines is 1. The number of amides is 1. The number of rotatable bonds is 2. The Morgan fingerprint density at radius 2 is 2.12 bits per heavy atom. The second-order valence-electron chi connectivity index (χ2n) is 9.12. The van der Waals surface area contributed by atoms with Gasteiger partial charge in [-0.1, -0.05) is 0 Å². The number of pyridine rings is 1. The largest absolute Gasteiger partial charge is 0.458 e. The van der Waals surface area contributed by atoms with Crippen LogP contribution < -0.4 is 16.2 Å². The van der Waals surface area contributed by atoms with Gasteiger partial charge in [0.05, 0.1) is 24.2 Å². The van der Waals surface area contributed by atoms with Gasteiger partial charge in [0.1, 0.15) is 19.0 Å². The van der Waals surface area contributed by atoms with E-state index in [1.807, 2.05) is 0 Å². The minimum Gasteiger partial charge on any atom is -0.458 e. The highest BCUT2D eigenvalue weighted by Gasteiger charge is 2.43. The van der Waals surface area contributed by atoms with Crippen LogP contribution in [0.15, 0.2) is 22.5 Å². The van der Waals surface area contributed by atoms with Crippen molar-refractivity contribution in [3.63, 3.8) is 0 Å². The normalized spacial score (nSPS) is 23.9. The lowest BCUT2D eigenvalue weighted by Crippen LogP contribution is -2.41. The van der Waals surface area contributed by atoms with Gasteiger partial charge in [-0.05, 0) is 54.2 Å². The molecular weight excluding hydrogens is 445 g/mol. The highest BCUT2D eigenvalue weighted by molar-refractivity contribution is 5.91. The summed E-state index contributed by atoms with van der Waals surface area (Å²) in [6.45, 7) is 1.10. The fourth-order valence-electron chi connectivity index (χ4n) is 5.78. The molecule has 0 spiro atoms. The van der Waals surface area contributed by atoms with Crippen LogP contribution in [-0.4, -0.2) is 39.3 Å². The maximum atomic E-state index is 14.8. The zero-order valence-electron chi connectivity index (χ0n) is 18.3. The minimum absolute atomic E-state index is 0.210. The summed E-state index contributed by atoms with van der Waals surface area (Å²) in [6.07, 6.45) is -0.470. The number of cyclic esters (lactones) is 1. The van der Waals surface area contributed by atoms with E-state index in [-0.39, 0.29) is 35.7 Å². The summed E-state index contributed by atoms with van der Waals surface area (Å²) in [4.78, 5) is 37.3. The summed E-state index contributed by atoms with van der Waals surface area (Å²) >= 11 is 0. The Morgan fingerprint density at radius 1 is 1.32 bits per heavy atom. The molecule has 0 saturated carbocycles. The molecule has 34 heavy (non-hydrogen) atoms. The van der Waals surface area contributed by atoms with Crippen molar-refractivity contribution >= 4 is 23.1 Å². The molecule has 4 aliphatic rings. The molecule has 176 valence electrons. The third-order valence-electron chi connectivity index (χ3n) is 7.39. The Balaban J connectivity index is 1.58. The molecule has 9 nitrogen and oxygen atoms in total. The minimum atomic E-state index is -1.55. The topological polar surface area (TPSA) is 130 Å². The molecule has 1 unspecified atom stereocenters. The van der Waals surface area contributed by atoms with Gasteiger partial charge in [0.2, 0.25) is 5.91 Å². The molecule has 1 aromatic carbocycles. The molecule has 0 bridgehead atoms. The smallest absolute Gasteiger partial charge is 0.340 e. The first-order valence-corrected chi connectivity index (χ1v) is 11.1. The number of aromatic nitrogens is 1. The Hall–Kier alpha value is -3.50. The van der Waals surface area contributed by atoms with Crippen LogP contribution in [0, 0.1) is 12.7 Å². The number of halogens is 1. The number of benzene rings is 1. The van der Waals surface area contributed by atoms with Gasteiger partial charge in [-0.2, -0.15) is 0 Å². The predicted molar refractivity (Wildman–Crippen MR) is 117 cm³/mol. The molecular formula is C24H22FN3O6. The maximum absolute atomic E-state index is 14.8. The number of fused-ring (bicyclic) bond motifs is 4. The molecule has 10 heteroatoms. The molecule has 2 aromatic rings. The lowest BCUT2D eigenvalue weighted by molar-refractivity contribution is -0.157. The van der Waals surface area contributed by atoms with Gasteiger partial charge < -0.3 is 30.2 Å². The van der Waals surface area contributed by atoms with Crippen LogP contribution >= 0.6 is 0 Å². The summed E-state index contributed by atoms with van der Waals surface area (Å²) in [5.74, 6) is -1.67. The highest BCUT2D eigenvalue weighted by Crippen LogP contribution is 2.50. The number of aliphatic hydroxyl groups excluding tert-OH is 2.